The van der Waals surface area contributed by atoms with Crippen LogP contribution in [0.5, 0.6) is 0 Å². The molecule has 104 valence electrons. The lowest BCUT2D eigenvalue weighted by molar-refractivity contribution is -0.151. The van der Waals surface area contributed by atoms with Gasteiger partial charge in [0.15, 0.2) is 0 Å². The summed E-state index contributed by atoms with van der Waals surface area (Å²) < 4.78 is 4.67. The fourth-order valence-electron chi connectivity index (χ4n) is 1.91. The summed E-state index contributed by atoms with van der Waals surface area (Å²) in [7, 11) is 1.30. The number of aryl methyl sites for hydroxylation is 1. The fraction of sp³-hybridized carbons (Fsp3) is 0.467. The number of esters is 1. The van der Waals surface area contributed by atoms with Crippen LogP contribution in [0, 0.1) is 18.8 Å². The zero-order valence-electron chi connectivity index (χ0n) is 11.9. The fourth-order valence-corrected chi connectivity index (χ4v) is 1.91. The SMILES string of the molecule is COC(=O)C(C(=O)NCc1ccccc1C)C(C)C. The third kappa shape index (κ3) is 4.09. The number of methoxy groups -OCH3 is 1. The van der Waals surface area contributed by atoms with Gasteiger partial charge in [-0.05, 0) is 24.0 Å². The lowest BCUT2D eigenvalue weighted by atomic mass is 9.95. The molecule has 0 aliphatic heterocycles. The van der Waals surface area contributed by atoms with Gasteiger partial charge >= 0.3 is 5.97 Å². The van der Waals surface area contributed by atoms with Gasteiger partial charge in [-0.15, -0.1) is 0 Å². The number of carbonyl (C=O) groups excluding carboxylic acids is 2. The van der Waals surface area contributed by atoms with Crippen molar-refractivity contribution in [2.75, 3.05) is 7.11 Å². The molecule has 0 fully saturated rings. The van der Waals surface area contributed by atoms with Gasteiger partial charge in [-0.1, -0.05) is 38.1 Å². The van der Waals surface area contributed by atoms with Crippen LogP contribution >= 0.6 is 0 Å². The van der Waals surface area contributed by atoms with Crippen LogP contribution in [0.3, 0.4) is 0 Å². The standard InChI is InChI=1S/C15H21NO3/c1-10(2)13(15(18)19-4)14(17)16-9-12-8-6-5-7-11(12)3/h5-8,10,13H,9H2,1-4H3,(H,16,17). The number of hydrogen-bond donors (Lipinski definition) is 1. The van der Waals surface area contributed by atoms with Crippen LogP contribution in [0.15, 0.2) is 24.3 Å². The molecule has 1 aromatic rings. The van der Waals surface area contributed by atoms with Gasteiger partial charge in [0.25, 0.3) is 0 Å². The minimum Gasteiger partial charge on any atom is -0.468 e. The largest absolute Gasteiger partial charge is 0.468 e. The third-order valence-corrected chi connectivity index (χ3v) is 3.12. The summed E-state index contributed by atoms with van der Waals surface area (Å²) in [6.07, 6.45) is 0. The number of hydrogen-bond acceptors (Lipinski definition) is 3. The van der Waals surface area contributed by atoms with Crippen molar-refractivity contribution in [2.24, 2.45) is 11.8 Å². The minimum atomic E-state index is -0.756. The zero-order valence-corrected chi connectivity index (χ0v) is 11.9. The topological polar surface area (TPSA) is 55.4 Å². The minimum absolute atomic E-state index is 0.0932. The number of nitrogens with one attached hydrogen (secondary N) is 1. The number of benzene rings is 1. The summed E-state index contributed by atoms with van der Waals surface area (Å²) in [6, 6.07) is 7.82. The molecular formula is C15H21NO3. The molecule has 4 nitrogen and oxygen atoms in total. The van der Waals surface area contributed by atoms with Gasteiger partial charge in [-0.25, -0.2) is 0 Å². The lowest BCUT2D eigenvalue weighted by Crippen LogP contribution is -2.38. The predicted molar refractivity (Wildman–Crippen MR) is 73.4 cm³/mol. The second kappa shape index (κ2) is 6.92. The average Bonchev–Trinajstić information content (AvgIpc) is 2.37. The van der Waals surface area contributed by atoms with Crippen molar-refractivity contribution >= 4 is 11.9 Å². The number of rotatable bonds is 5. The third-order valence-electron chi connectivity index (χ3n) is 3.12. The van der Waals surface area contributed by atoms with Gasteiger partial charge in [-0.2, -0.15) is 0 Å². The Kier molecular flexibility index (Phi) is 5.55. The molecule has 4 heteroatoms. The van der Waals surface area contributed by atoms with Crippen LogP contribution in [0.2, 0.25) is 0 Å². The van der Waals surface area contributed by atoms with E-state index in [0.29, 0.717) is 6.54 Å². The van der Waals surface area contributed by atoms with Crippen molar-refractivity contribution < 1.29 is 14.3 Å². The molecule has 19 heavy (non-hydrogen) atoms. The molecule has 1 rings (SSSR count). The predicted octanol–water partition coefficient (Wildman–Crippen LogP) is 2.06. The Hall–Kier alpha value is -1.84. The van der Waals surface area contributed by atoms with Gasteiger partial charge in [0.05, 0.1) is 7.11 Å². The normalized spacial score (nSPS) is 12.1. The average molecular weight is 263 g/mol. The van der Waals surface area contributed by atoms with E-state index >= 15 is 0 Å². The first-order chi connectivity index (χ1) is 8.97. The second-order valence-corrected chi connectivity index (χ2v) is 4.89. The molecule has 1 atom stereocenters. The van der Waals surface area contributed by atoms with Gasteiger partial charge in [0, 0.05) is 6.54 Å². The summed E-state index contributed by atoms with van der Waals surface area (Å²) in [5.74, 6) is -1.62. The molecular weight excluding hydrogens is 242 g/mol. The zero-order chi connectivity index (χ0) is 14.4. The van der Waals surface area contributed by atoms with E-state index in [1.165, 1.54) is 7.11 Å². The monoisotopic (exact) mass is 263 g/mol. The first kappa shape index (κ1) is 15.2. The molecule has 0 aliphatic rings. The van der Waals surface area contributed by atoms with E-state index in [4.69, 9.17) is 0 Å². The van der Waals surface area contributed by atoms with Gasteiger partial charge in [0.2, 0.25) is 5.91 Å². The van der Waals surface area contributed by atoms with E-state index in [2.05, 4.69) is 10.1 Å². The van der Waals surface area contributed by atoms with Crippen molar-refractivity contribution in [1.82, 2.24) is 5.32 Å². The molecule has 1 amide bonds. The molecule has 1 unspecified atom stereocenters. The van der Waals surface area contributed by atoms with Crippen molar-refractivity contribution in [3.63, 3.8) is 0 Å². The van der Waals surface area contributed by atoms with Crippen molar-refractivity contribution in [3.8, 4) is 0 Å². The molecule has 0 bridgehead atoms. The molecule has 0 heterocycles. The maximum atomic E-state index is 12.1. The van der Waals surface area contributed by atoms with Crippen molar-refractivity contribution in [2.45, 2.75) is 27.3 Å². The van der Waals surface area contributed by atoms with E-state index in [0.717, 1.165) is 11.1 Å². The molecule has 0 spiro atoms. The molecule has 0 saturated heterocycles. The van der Waals surface area contributed by atoms with Crippen molar-refractivity contribution in [1.29, 1.82) is 0 Å². The Morgan fingerprint density at radius 3 is 2.42 bits per heavy atom. The number of ether oxygens (including phenoxy) is 1. The van der Waals surface area contributed by atoms with Crippen LogP contribution in [-0.2, 0) is 20.9 Å². The highest BCUT2D eigenvalue weighted by molar-refractivity contribution is 5.97. The molecule has 0 saturated carbocycles. The summed E-state index contributed by atoms with van der Waals surface area (Å²) >= 11 is 0. The van der Waals surface area contributed by atoms with Gasteiger partial charge < -0.3 is 10.1 Å². The summed E-state index contributed by atoms with van der Waals surface area (Å²) in [4.78, 5) is 23.6. The first-order valence-corrected chi connectivity index (χ1v) is 6.37. The van der Waals surface area contributed by atoms with E-state index in [1.54, 1.807) is 0 Å². The highest BCUT2D eigenvalue weighted by Gasteiger charge is 2.30. The van der Waals surface area contributed by atoms with Crippen LogP contribution in [-0.4, -0.2) is 19.0 Å². The Labute approximate surface area is 114 Å². The van der Waals surface area contributed by atoms with Crippen LogP contribution < -0.4 is 5.32 Å². The maximum Gasteiger partial charge on any atom is 0.318 e. The van der Waals surface area contributed by atoms with Gasteiger partial charge in [-0.3, -0.25) is 9.59 Å². The number of carbonyl (C=O) groups is 2. The Bertz CT molecular complexity index is 454. The summed E-state index contributed by atoms with van der Waals surface area (Å²) in [6.45, 7) is 6.07. The smallest absolute Gasteiger partial charge is 0.318 e. The summed E-state index contributed by atoms with van der Waals surface area (Å²) in [5, 5.41) is 2.80. The van der Waals surface area contributed by atoms with E-state index in [1.807, 2.05) is 45.0 Å². The van der Waals surface area contributed by atoms with E-state index in [-0.39, 0.29) is 11.8 Å². The lowest BCUT2D eigenvalue weighted by Gasteiger charge is -2.18. The van der Waals surface area contributed by atoms with Crippen LogP contribution in [0.4, 0.5) is 0 Å². The van der Waals surface area contributed by atoms with Crippen molar-refractivity contribution in [3.05, 3.63) is 35.4 Å². The molecule has 0 aromatic heterocycles. The quantitative estimate of drug-likeness (QED) is 0.653. The summed E-state index contributed by atoms with van der Waals surface area (Å²) in [5.41, 5.74) is 2.16. The Balaban J connectivity index is 2.68. The highest BCUT2D eigenvalue weighted by atomic mass is 16.5. The van der Waals surface area contributed by atoms with Gasteiger partial charge in [0.1, 0.15) is 5.92 Å². The van der Waals surface area contributed by atoms with Crippen LogP contribution in [0.1, 0.15) is 25.0 Å². The van der Waals surface area contributed by atoms with E-state index in [9.17, 15) is 9.59 Å². The Morgan fingerprint density at radius 1 is 1.26 bits per heavy atom. The molecule has 1 aromatic carbocycles. The maximum absolute atomic E-state index is 12.1. The highest BCUT2D eigenvalue weighted by Crippen LogP contribution is 2.14. The number of amides is 1. The van der Waals surface area contributed by atoms with Crippen LogP contribution in [0.25, 0.3) is 0 Å². The second-order valence-electron chi connectivity index (χ2n) is 4.89. The Morgan fingerprint density at radius 2 is 1.89 bits per heavy atom. The molecule has 1 N–H and O–H groups in total. The van der Waals surface area contributed by atoms with E-state index < -0.39 is 11.9 Å². The first-order valence-electron chi connectivity index (χ1n) is 6.37. The molecule has 0 aliphatic carbocycles. The molecule has 0 radical (unpaired) electrons.